The van der Waals surface area contributed by atoms with Crippen LogP contribution in [0.2, 0.25) is 5.02 Å². The lowest BCUT2D eigenvalue weighted by Gasteiger charge is -2.01. The third-order valence-electron chi connectivity index (χ3n) is 1.09. The zero-order valence-electron chi connectivity index (χ0n) is 5.07. The number of hydrogen-bond acceptors (Lipinski definition) is 2. The fourth-order valence-corrected chi connectivity index (χ4v) is 1.40. The van der Waals surface area contributed by atoms with Crippen molar-refractivity contribution in [2.24, 2.45) is 5.84 Å². The molecule has 1 aromatic carbocycles. The van der Waals surface area contributed by atoms with E-state index < -0.39 is 0 Å². The zero-order valence-corrected chi connectivity index (χ0v) is 7.41. The van der Waals surface area contributed by atoms with Crippen molar-refractivity contribution in [2.45, 2.75) is 0 Å². The van der Waals surface area contributed by atoms with Gasteiger partial charge in [0.25, 0.3) is 0 Å². The van der Waals surface area contributed by atoms with Gasteiger partial charge >= 0.3 is 0 Å². The lowest BCUT2D eigenvalue weighted by molar-refractivity contribution is 1.34. The van der Waals surface area contributed by atoms with Crippen LogP contribution < -0.4 is 11.3 Å². The van der Waals surface area contributed by atoms with Crippen LogP contribution in [0.25, 0.3) is 0 Å². The molecule has 2 nitrogen and oxygen atoms in total. The molecule has 3 N–H and O–H groups in total. The third-order valence-corrected chi connectivity index (χ3v) is 1.98. The van der Waals surface area contributed by atoms with E-state index in [0.717, 1.165) is 10.2 Å². The molecule has 0 amide bonds. The van der Waals surface area contributed by atoms with Crippen molar-refractivity contribution in [1.29, 1.82) is 0 Å². The van der Waals surface area contributed by atoms with Crippen molar-refractivity contribution in [3.63, 3.8) is 0 Å². The Hall–Kier alpha value is -0.250. The SMILES string of the molecule is NNc1ccc(Cl)cc1Br. The van der Waals surface area contributed by atoms with Crippen LogP contribution in [0.3, 0.4) is 0 Å². The fraction of sp³-hybridized carbons (Fsp3) is 0. The van der Waals surface area contributed by atoms with Gasteiger partial charge in [-0.1, -0.05) is 11.6 Å². The topological polar surface area (TPSA) is 38.0 Å². The second-order valence-corrected chi connectivity index (χ2v) is 3.06. The van der Waals surface area contributed by atoms with Gasteiger partial charge < -0.3 is 5.43 Å². The summed E-state index contributed by atoms with van der Waals surface area (Å²) in [6.07, 6.45) is 0. The van der Waals surface area contributed by atoms with Crippen LogP contribution in [-0.2, 0) is 0 Å². The molecule has 0 radical (unpaired) electrons. The van der Waals surface area contributed by atoms with Gasteiger partial charge in [-0.25, -0.2) is 0 Å². The molecule has 10 heavy (non-hydrogen) atoms. The monoisotopic (exact) mass is 220 g/mol. The molecule has 1 aromatic rings. The van der Waals surface area contributed by atoms with E-state index in [2.05, 4.69) is 21.4 Å². The van der Waals surface area contributed by atoms with Gasteiger partial charge in [-0.15, -0.1) is 0 Å². The van der Waals surface area contributed by atoms with Crippen LogP contribution in [-0.4, -0.2) is 0 Å². The first-order chi connectivity index (χ1) is 4.74. The summed E-state index contributed by atoms with van der Waals surface area (Å²) in [7, 11) is 0. The molecule has 4 heteroatoms. The lowest BCUT2D eigenvalue weighted by Crippen LogP contribution is -2.06. The number of halogens is 2. The van der Waals surface area contributed by atoms with Gasteiger partial charge in [0.05, 0.1) is 5.69 Å². The van der Waals surface area contributed by atoms with Crippen LogP contribution in [0, 0.1) is 0 Å². The molecule has 54 valence electrons. The number of anilines is 1. The van der Waals surface area contributed by atoms with Crippen molar-refractivity contribution >= 4 is 33.2 Å². The molecule has 0 aliphatic rings. The molecular weight excluding hydrogens is 215 g/mol. The summed E-state index contributed by atoms with van der Waals surface area (Å²) >= 11 is 8.96. The Morgan fingerprint density at radius 1 is 1.50 bits per heavy atom. The predicted octanol–water partition coefficient (Wildman–Crippen LogP) is 2.39. The quantitative estimate of drug-likeness (QED) is 0.564. The molecule has 0 bridgehead atoms. The van der Waals surface area contributed by atoms with Crippen molar-refractivity contribution in [2.75, 3.05) is 5.43 Å². The minimum atomic E-state index is 0.686. The molecule has 0 saturated heterocycles. The van der Waals surface area contributed by atoms with Gasteiger partial charge in [-0.05, 0) is 34.1 Å². The standard InChI is InChI=1S/C6H6BrClN2/c7-5-3-4(8)1-2-6(5)10-9/h1-3,10H,9H2. The van der Waals surface area contributed by atoms with Crippen molar-refractivity contribution in [3.8, 4) is 0 Å². The average Bonchev–Trinajstić information content (AvgIpc) is 1.88. The van der Waals surface area contributed by atoms with E-state index in [1.807, 2.05) is 0 Å². The van der Waals surface area contributed by atoms with Crippen molar-refractivity contribution in [3.05, 3.63) is 27.7 Å². The van der Waals surface area contributed by atoms with Gasteiger partial charge in [-0.3, -0.25) is 5.84 Å². The van der Waals surface area contributed by atoms with Crippen molar-refractivity contribution < 1.29 is 0 Å². The van der Waals surface area contributed by atoms with Crippen LogP contribution in [0.15, 0.2) is 22.7 Å². The van der Waals surface area contributed by atoms with Gasteiger partial charge in [0.1, 0.15) is 0 Å². The highest BCUT2D eigenvalue weighted by Crippen LogP contribution is 2.24. The van der Waals surface area contributed by atoms with Gasteiger partial charge in [0.2, 0.25) is 0 Å². The molecular formula is C6H6BrClN2. The van der Waals surface area contributed by atoms with Gasteiger partial charge in [-0.2, -0.15) is 0 Å². The minimum Gasteiger partial charge on any atom is -0.323 e. The largest absolute Gasteiger partial charge is 0.323 e. The maximum absolute atomic E-state index is 5.68. The Bertz CT molecular complexity index is 239. The zero-order chi connectivity index (χ0) is 7.56. The first-order valence-electron chi connectivity index (χ1n) is 2.65. The van der Waals surface area contributed by atoms with Gasteiger partial charge in [0.15, 0.2) is 0 Å². The number of nitrogens with one attached hydrogen (secondary N) is 1. The average molecular weight is 221 g/mol. The van der Waals surface area contributed by atoms with E-state index in [1.165, 1.54) is 0 Å². The minimum absolute atomic E-state index is 0.686. The van der Waals surface area contributed by atoms with Crippen molar-refractivity contribution in [1.82, 2.24) is 0 Å². The Kier molecular flexibility index (Phi) is 2.54. The first kappa shape index (κ1) is 7.85. The van der Waals surface area contributed by atoms with E-state index in [-0.39, 0.29) is 0 Å². The maximum atomic E-state index is 5.68. The summed E-state index contributed by atoms with van der Waals surface area (Å²) in [4.78, 5) is 0. The Morgan fingerprint density at radius 2 is 2.20 bits per heavy atom. The maximum Gasteiger partial charge on any atom is 0.0628 e. The summed E-state index contributed by atoms with van der Waals surface area (Å²) < 4.78 is 0.863. The fourth-order valence-electron chi connectivity index (χ4n) is 0.607. The molecule has 0 unspecified atom stereocenters. The highest BCUT2D eigenvalue weighted by Gasteiger charge is 1.96. The smallest absolute Gasteiger partial charge is 0.0628 e. The Labute approximate surface area is 72.5 Å². The summed E-state index contributed by atoms with van der Waals surface area (Å²) in [5, 5.41) is 0.686. The number of benzene rings is 1. The summed E-state index contributed by atoms with van der Waals surface area (Å²) in [5.74, 6) is 5.18. The molecule has 1 rings (SSSR count). The van der Waals surface area contributed by atoms with Crippen LogP contribution in [0.5, 0.6) is 0 Å². The van der Waals surface area contributed by atoms with E-state index in [1.54, 1.807) is 18.2 Å². The Balaban J connectivity index is 3.07. The number of hydrazine groups is 1. The van der Waals surface area contributed by atoms with E-state index >= 15 is 0 Å². The number of nitrogens with two attached hydrogens (primary N) is 1. The van der Waals surface area contributed by atoms with Crippen LogP contribution >= 0.6 is 27.5 Å². The predicted molar refractivity (Wildman–Crippen MR) is 47.0 cm³/mol. The summed E-state index contributed by atoms with van der Waals surface area (Å²) in [5.41, 5.74) is 3.34. The molecule has 0 heterocycles. The second-order valence-electron chi connectivity index (χ2n) is 1.77. The van der Waals surface area contributed by atoms with Crippen LogP contribution in [0.1, 0.15) is 0 Å². The number of rotatable bonds is 1. The molecule has 0 aromatic heterocycles. The highest BCUT2D eigenvalue weighted by molar-refractivity contribution is 9.10. The number of nitrogen functional groups attached to an aromatic ring is 1. The molecule has 0 spiro atoms. The molecule has 0 aliphatic carbocycles. The normalized spacial score (nSPS) is 9.50. The molecule has 0 saturated carbocycles. The van der Waals surface area contributed by atoms with E-state index in [0.29, 0.717) is 5.02 Å². The molecule has 0 fully saturated rings. The summed E-state index contributed by atoms with van der Waals surface area (Å²) in [6, 6.07) is 5.34. The Morgan fingerprint density at radius 3 is 2.70 bits per heavy atom. The second kappa shape index (κ2) is 3.23. The lowest BCUT2D eigenvalue weighted by atomic mass is 10.3. The molecule has 0 aliphatic heterocycles. The third kappa shape index (κ3) is 1.62. The van der Waals surface area contributed by atoms with Crippen LogP contribution in [0.4, 0.5) is 5.69 Å². The number of hydrogen-bond donors (Lipinski definition) is 2. The van der Waals surface area contributed by atoms with E-state index in [4.69, 9.17) is 17.4 Å². The molecule has 0 atom stereocenters. The van der Waals surface area contributed by atoms with Gasteiger partial charge in [0, 0.05) is 9.50 Å². The highest BCUT2D eigenvalue weighted by atomic mass is 79.9. The summed E-state index contributed by atoms with van der Waals surface area (Å²) in [6.45, 7) is 0. The first-order valence-corrected chi connectivity index (χ1v) is 3.83. The van der Waals surface area contributed by atoms with E-state index in [9.17, 15) is 0 Å².